The lowest BCUT2D eigenvalue weighted by Crippen LogP contribution is -2.40. The molecule has 166 valence electrons. The summed E-state index contributed by atoms with van der Waals surface area (Å²) < 4.78 is 0. The predicted octanol–water partition coefficient (Wildman–Crippen LogP) is 6.92. The number of rotatable bonds is 17. The topological polar surface area (TPSA) is 52.9 Å². The van der Waals surface area contributed by atoms with Crippen LogP contribution in [0.15, 0.2) is 5.16 Å². The maximum absolute atomic E-state index is 13.5. The third-order valence-electron chi connectivity index (χ3n) is 5.59. The summed E-state index contributed by atoms with van der Waals surface area (Å²) in [7, 11) is 0. The molecule has 5 heteroatoms. The van der Waals surface area contributed by atoms with Crippen LogP contribution in [0.3, 0.4) is 0 Å². The van der Waals surface area contributed by atoms with Crippen molar-refractivity contribution in [3.8, 4) is 0 Å². The first-order valence-corrected chi connectivity index (χ1v) is 12.0. The van der Waals surface area contributed by atoms with Crippen molar-refractivity contribution in [2.45, 2.75) is 112 Å². The van der Waals surface area contributed by atoms with Gasteiger partial charge in [-0.05, 0) is 25.7 Å². The number of hydrogen-bond acceptors (Lipinski definition) is 3. The Morgan fingerprint density at radius 2 is 1.43 bits per heavy atom. The molecular weight excluding hydrogens is 368 g/mol. The van der Waals surface area contributed by atoms with Crippen LogP contribution in [0.5, 0.6) is 0 Å². The lowest BCUT2D eigenvalue weighted by Gasteiger charge is -2.32. The van der Waals surface area contributed by atoms with E-state index in [2.05, 4.69) is 43.5 Å². The van der Waals surface area contributed by atoms with Crippen molar-refractivity contribution in [2.24, 2.45) is 16.5 Å². The molecule has 0 aromatic rings. The van der Waals surface area contributed by atoms with Gasteiger partial charge in [0, 0.05) is 24.4 Å². The maximum atomic E-state index is 13.5. The van der Waals surface area contributed by atoms with E-state index in [1.54, 1.807) is 0 Å². The molecular formula is C23H46N2O2S. The van der Waals surface area contributed by atoms with Gasteiger partial charge in [-0.1, -0.05) is 91.1 Å². The Hall–Kier alpha value is -0.710. The summed E-state index contributed by atoms with van der Waals surface area (Å²) in [4.78, 5) is 15.6. The molecule has 1 amide bonds. The number of hydrogen-bond donors (Lipinski definition) is 2. The molecule has 0 aliphatic heterocycles. The Labute approximate surface area is 179 Å². The van der Waals surface area contributed by atoms with Gasteiger partial charge in [-0.25, -0.2) is 0 Å². The normalized spacial score (nSPS) is 13.6. The minimum atomic E-state index is -0.401. The average molecular weight is 415 g/mol. The van der Waals surface area contributed by atoms with E-state index in [0.29, 0.717) is 11.5 Å². The molecule has 0 fully saturated rings. The van der Waals surface area contributed by atoms with Crippen molar-refractivity contribution in [3.05, 3.63) is 0 Å². The van der Waals surface area contributed by atoms with Crippen molar-refractivity contribution >= 4 is 23.6 Å². The summed E-state index contributed by atoms with van der Waals surface area (Å²) in [6, 6.07) is 0. The molecule has 28 heavy (non-hydrogen) atoms. The van der Waals surface area contributed by atoms with E-state index in [9.17, 15) is 4.79 Å². The van der Waals surface area contributed by atoms with Gasteiger partial charge in [-0.2, -0.15) is 0 Å². The number of thiol groups is 1. The van der Waals surface area contributed by atoms with Crippen molar-refractivity contribution in [2.75, 3.05) is 13.1 Å². The van der Waals surface area contributed by atoms with Crippen molar-refractivity contribution in [3.63, 3.8) is 0 Å². The van der Waals surface area contributed by atoms with Crippen LogP contribution in [0.1, 0.15) is 112 Å². The van der Waals surface area contributed by atoms with E-state index in [1.165, 1.54) is 38.5 Å². The monoisotopic (exact) mass is 414 g/mol. The van der Waals surface area contributed by atoms with Crippen LogP contribution < -0.4 is 0 Å². The van der Waals surface area contributed by atoms with Crippen LogP contribution in [-0.4, -0.2) is 34.1 Å². The number of amides is 1. The number of carbonyl (C=O) groups is 1. The number of nitrogens with zero attached hydrogens (tertiary/aromatic N) is 2. The Balaban J connectivity index is 5.16. The van der Waals surface area contributed by atoms with Crippen LogP contribution in [0, 0.1) is 11.3 Å². The van der Waals surface area contributed by atoms with Crippen molar-refractivity contribution < 1.29 is 10.0 Å². The molecule has 0 bridgehead atoms. The number of carbonyl (C=O) groups excluding carboxylic acids is 1. The van der Waals surface area contributed by atoms with E-state index in [0.717, 1.165) is 45.2 Å². The highest BCUT2D eigenvalue weighted by molar-refractivity contribution is 7.97. The highest BCUT2D eigenvalue weighted by atomic mass is 32.1. The first-order chi connectivity index (χ1) is 13.3. The fourth-order valence-corrected chi connectivity index (χ4v) is 3.75. The predicted molar refractivity (Wildman–Crippen MR) is 124 cm³/mol. The first kappa shape index (κ1) is 27.3. The molecule has 1 atom stereocenters. The molecule has 0 aromatic heterocycles. The zero-order valence-corrected chi connectivity index (χ0v) is 20.1. The molecule has 1 N–H and O–H groups in total. The highest BCUT2D eigenvalue weighted by Gasteiger charge is 2.32. The Kier molecular flexibility index (Phi) is 15.7. The van der Waals surface area contributed by atoms with Crippen LogP contribution in [0.25, 0.3) is 0 Å². The Bertz CT molecular complexity index is 426. The lowest BCUT2D eigenvalue weighted by atomic mass is 9.80. The zero-order chi connectivity index (χ0) is 21.4. The summed E-state index contributed by atoms with van der Waals surface area (Å²) in [5.74, 6) is 0.254. The van der Waals surface area contributed by atoms with Gasteiger partial charge in [0.05, 0.1) is 0 Å². The lowest BCUT2D eigenvalue weighted by molar-refractivity contribution is -0.136. The molecule has 0 saturated carbocycles. The van der Waals surface area contributed by atoms with Gasteiger partial charge < -0.3 is 10.1 Å². The summed E-state index contributed by atoms with van der Waals surface area (Å²) >= 11 is 4.33. The molecule has 0 rings (SSSR count). The van der Waals surface area contributed by atoms with E-state index in [-0.39, 0.29) is 11.8 Å². The molecule has 0 aliphatic rings. The van der Waals surface area contributed by atoms with Crippen LogP contribution in [0.2, 0.25) is 0 Å². The molecule has 0 radical (unpaired) electrons. The van der Waals surface area contributed by atoms with Gasteiger partial charge in [0.2, 0.25) is 5.91 Å². The molecule has 4 nitrogen and oxygen atoms in total. The average Bonchev–Trinajstić information content (AvgIpc) is 2.68. The number of unbranched alkanes of at least 4 members (excludes halogenated alkanes) is 7. The van der Waals surface area contributed by atoms with E-state index in [1.807, 2.05) is 13.8 Å². The second kappa shape index (κ2) is 16.1. The van der Waals surface area contributed by atoms with Gasteiger partial charge in [-0.3, -0.25) is 4.79 Å². The minimum absolute atomic E-state index is 0.0313. The fourth-order valence-electron chi connectivity index (χ4n) is 3.66. The zero-order valence-electron chi connectivity index (χ0n) is 19.2. The van der Waals surface area contributed by atoms with Crippen molar-refractivity contribution in [1.82, 2.24) is 4.90 Å². The van der Waals surface area contributed by atoms with Gasteiger partial charge in [-0.15, -0.1) is 12.6 Å². The van der Waals surface area contributed by atoms with E-state index < -0.39 is 5.41 Å². The van der Waals surface area contributed by atoms with Gasteiger partial charge in [0.25, 0.3) is 0 Å². The van der Waals surface area contributed by atoms with Gasteiger partial charge in [0.1, 0.15) is 5.04 Å². The Morgan fingerprint density at radius 3 is 1.86 bits per heavy atom. The van der Waals surface area contributed by atoms with Crippen LogP contribution in [0.4, 0.5) is 0 Å². The van der Waals surface area contributed by atoms with E-state index in [4.69, 9.17) is 5.21 Å². The standard InChI is InChI=1S/C23H46N2O2S/c1-6-9-12-14-17-25(18-15-13-10-7-2)21(26)20(16-11-8-3)19-23(4,5)22(28)24-27/h20,27H,6-19H2,1-5H3,(H,24,28)/t20-/m0/s1. The second-order valence-corrected chi connectivity index (χ2v) is 9.22. The van der Waals surface area contributed by atoms with Crippen LogP contribution >= 0.6 is 12.6 Å². The third-order valence-corrected chi connectivity index (χ3v) is 6.28. The van der Waals surface area contributed by atoms with E-state index >= 15 is 0 Å². The maximum Gasteiger partial charge on any atom is 0.225 e. The molecule has 0 heterocycles. The quantitative estimate of drug-likeness (QED) is 0.0678. The fraction of sp³-hybridized carbons (Fsp3) is 0.913. The molecule has 0 unspecified atom stereocenters. The first-order valence-electron chi connectivity index (χ1n) is 11.5. The summed E-state index contributed by atoms with van der Waals surface area (Å²) in [6.45, 7) is 12.4. The SMILES string of the molecule is CCCCCCN(CCCCCC)C(=O)[C@@H](CCCC)CC(C)(C)/C(S)=N\O. The summed E-state index contributed by atoms with van der Waals surface area (Å²) in [6.07, 6.45) is 13.2. The largest absolute Gasteiger partial charge is 0.410 e. The smallest absolute Gasteiger partial charge is 0.225 e. The molecule has 0 saturated heterocycles. The molecule has 0 spiro atoms. The summed E-state index contributed by atoms with van der Waals surface area (Å²) in [5, 5.41) is 12.9. The molecule has 0 aliphatic carbocycles. The Morgan fingerprint density at radius 1 is 0.929 bits per heavy atom. The number of oxime groups is 1. The second-order valence-electron chi connectivity index (χ2n) is 8.80. The third kappa shape index (κ3) is 11.3. The minimum Gasteiger partial charge on any atom is -0.410 e. The highest BCUT2D eigenvalue weighted by Crippen LogP contribution is 2.32. The van der Waals surface area contributed by atoms with Crippen molar-refractivity contribution in [1.29, 1.82) is 0 Å². The van der Waals surface area contributed by atoms with Gasteiger partial charge in [0.15, 0.2) is 0 Å². The van der Waals surface area contributed by atoms with Crippen LogP contribution in [-0.2, 0) is 4.79 Å². The van der Waals surface area contributed by atoms with Gasteiger partial charge >= 0.3 is 0 Å². The summed E-state index contributed by atoms with van der Waals surface area (Å²) in [5.41, 5.74) is -0.401. The molecule has 0 aromatic carbocycles.